The Hall–Kier alpha value is -1.62. The third kappa shape index (κ3) is 14.4. The standard InChI is InChI=1S/C13H20.C5H8O3.C3H8.C2H4O2.C2H6/c1-3-12-10(2)8-9-11-6-4-5-7-13(11)12;6-4-1-2-8-5(7)3-4;1-3-2;1-2(3)4;1-2/h6,8-10,12-13H,3-5,7H2,1-2H3;4,6H,1-3H2;3H2,1-2H3;1H3,(H,3,4);1-2H3. The van der Waals surface area contributed by atoms with Crippen LogP contribution in [0.1, 0.15) is 93.4 Å². The molecule has 0 bridgehead atoms. The van der Waals surface area contributed by atoms with E-state index in [0.29, 0.717) is 13.0 Å². The summed E-state index contributed by atoms with van der Waals surface area (Å²) in [6.45, 7) is 14.4. The van der Waals surface area contributed by atoms with Gasteiger partial charge in [0, 0.05) is 13.3 Å². The molecule has 0 aromatic rings. The number of cyclic esters (lactones) is 1. The Morgan fingerprint density at radius 2 is 1.77 bits per heavy atom. The highest BCUT2D eigenvalue weighted by Gasteiger charge is 2.30. The fourth-order valence-electron chi connectivity index (χ4n) is 3.67. The number of carboxylic acids is 1. The fourth-order valence-corrected chi connectivity index (χ4v) is 3.67. The van der Waals surface area contributed by atoms with Gasteiger partial charge in [0.25, 0.3) is 5.97 Å². The molecule has 1 aliphatic heterocycles. The second kappa shape index (κ2) is 19.3. The van der Waals surface area contributed by atoms with Gasteiger partial charge in [0.1, 0.15) is 0 Å². The van der Waals surface area contributed by atoms with Gasteiger partial charge in [-0.2, -0.15) is 0 Å². The van der Waals surface area contributed by atoms with E-state index in [9.17, 15) is 4.79 Å². The molecule has 1 fully saturated rings. The molecule has 1 heterocycles. The smallest absolute Gasteiger partial charge is 0.308 e. The minimum atomic E-state index is -0.833. The summed E-state index contributed by atoms with van der Waals surface area (Å²) in [5.41, 5.74) is 1.64. The number of rotatable bonds is 1. The summed E-state index contributed by atoms with van der Waals surface area (Å²) < 4.78 is 4.55. The summed E-state index contributed by atoms with van der Waals surface area (Å²) in [5.74, 6) is 1.48. The van der Waals surface area contributed by atoms with Crippen LogP contribution in [0.15, 0.2) is 23.8 Å². The normalized spacial score (nSPS) is 26.1. The van der Waals surface area contributed by atoms with Crippen LogP contribution in [0.4, 0.5) is 0 Å². The molecular weight excluding hydrogens is 380 g/mol. The Labute approximate surface area is 184 Å². The predicted molar refractivity (Wildman–Crippen MR) is 124 cm³/mol. The van der Waals surface area contributed by atoms with E-state index in [1.54, 1.807) is 5.57 Å². The van der Waals surface area contributed by atoms with Crippen molar-refractivity contribution in [1.29, 1.82) is 0 Å². The molecule has 0 aromatic carbocycles. The minimum absolute atomic E-state index is 0.167. The lowest BCUT2D eigenvalue weighted by Gasteiger charge is -2.36. The van der Waals surface area contributed by atoms with Crippen molar-refractivity contribution in [3.05, 3.63) is 23.8 Å². The number of hydrogen-bond donors (Lipinski definition) is 2. The number of ether oxygens (including phenoxy) is 1. The van der Waals surface area contributed by atoms with Crippen LogP contribution >= 0.6 is 0 Å². The van der Waals surface area contributed by atoms with Gasteiger partial charge < -0.3 is 14.9 Å². The average molecular weight is 427 g/mol. The van der Waals surface area contributed by atoms with Gasteiger partial charge in [0.05, 0.1) is 19.1 Å². The molecule has 0 spiro atoms. The molecule has 5 heteroatoms. The van der Waals surface area contributed by atoms with E-state index in [-0.39, 0.29) is 12.4 Å². The summed E-state index contributed by atoms with van der Waals surface area (Å²) >= 11 is 0. The number of carbonyl (C=O) groups is 2. The van der Waals surface area contributed by atoms with Crippen LogP contribution < -0.4 is 0 Å². The topological polar surface area (TPSA) is 83.8 Å². The first-order valence-corrected chi connectivity index (χ1v) is 11.7. The van der Waals surface area contributed by atoms with E-state index >= 15 is 0 Å². The number of fused-ring (bicyclic) bond motifs is 1. The molecule has 3 aliphatic rings. The predicted octanol–water partition coefficient (Wildman–Crippen LogP) is 6.16. The SMILES string of the molecule is CC.CC(=O)O.CCC.CCC1C(C)C=CC2=CCCCC21.O=C1CC(O)CCO1. The van der Waals surface area contributed by atoms with Crippen molar-refractivity contribution in [2.45, 2.75) is 99.5 Å². The lowest BCUT2D eigenvalue weighted by molar-refractivity contribution is -0.151. The molecule has 0 amide bonds. The zero-order valence-corrected chi connectivity index (χ0v) is 20.3. The quantitative estimate of drug-likeness (QED) is 0.490. The molecule has 2 N–H and O–H groups in total. The molecule has 0 radical (unpaired) electrons. The maximum atomic E-state index is 10.3. The van der Waals surface area contributed by atoms with E-state index in [1.807, 2.05) is 13.8 Å². The molecule has 3 rings (SSSR count). The number of aliphatic hydroxyl groups is 1. The molecule has 4 atom stereocenters. The molecule has 176 valence electrons. The van der Waals surface area contributed by atoms with Gasteiger partial charge in [-0.05, 0) is 42.6 Å². The Kier molecular flexibility index (Phi) is 19.7. The van der Waals surface area contributed by atoms with Crippen molar-refractivity contribution < 1.29 is 24.5 Å². The van der Waals surface area contributed by atoms with Gasteiger partial charge in [0.15, 0.2) is 0 Å². The lowest BCUT2D eigenvalue weighted by atomic mass is 9.69. The van der Waals surface area contributed by atoms with Gasteiger partial charge in [0.2, 0.25) is 0 Å². The lowest BCUT2D eigenvalue weighted by Crippen LogP contribution is -2.26. The molecule has 1 saturated heterocycles. The first-order valence-electron chi connectivity index (χ1n) is 11.7. The Balaban J connectivity index is 0. The summed E-state index contributed by atoms with van der Waals surface area (Å²) in [5, 5.41) is 16.2. The van der Waals surface area contributed by atoms with Crippen LogP contribution in [-0.4, -0.2) is 34.9 Å². The number of hydrogen-bond acceptors (Lipinski definition) is 4. The summed E-state index contributed by atoms with van der Waals surface area (Å²) in [6, 6.07) is 0. The zero-order chi connectivity index (χ0) is 23.5. The molecule has 0 aromatic heterocycles. The van der Waals surface area contributed by atoms with Crippen LogP contribution in [0.3, 0.4) is 0 Å². The number of carboxylic acid groups (broad SMARTS) is 1. The van der Waals surface area contributed by atoms with Gasteiger partial charge in [-0.25, -0.2) is 0 Å². The number of aliphatic carboxylic acids is 1. The van der Waals surface area contributed by atoms with Gasteiger partial charge in [-0.3, -0.25) is 9.59 Å². The molecule has 2 aliphatic carbocycles. The fraction of sp³-hybridized carbons (Fsp3) is 0.760. The molecule has 5 nitrogen and oxygen atoms in total. The van der Waals surface area contributed by atoms with E-state index in [4.69, 9.17) is 15.0 Å². The van der Waals surface area contributed by atoms with Crippen molar-refractivity contribution in [3.63, 3.8) is 0 Å². The number of allylic oxidation sites excluding steroid dienone is 4. The van der Waals surface area contributed by atoms with Crippen LogP contribution in [0.25, 0.3) is 0 Å². The van der Waals surface area contributed by atoms with E-state index in [2.05, 4.69) is 50.7 Å². The molecule has 30 heavy (non-hydrogen) atoms. The highest BCUT2D eigenvalue weighted by molar-refractivity contribution is 5.70. The molecule has 0 saturated carbocycles. The Morgan fingerprint density at radius 1 is 1.20 bits per heavy atom. The highest BCUT2D eigenvalue weighted by Crippen LogP contribution is 2.41. The Bertz CT molecular complexity index is 506. The van der Waals surface area contributed by atoms with Gasteiger partial charge in [-0.1, -0.05) is 72.6 Å². The van der Waals surface area contributed by atoms with Crippen LogP contribution in [0.2, 0.25) is 0 Å². The van der Waals surface area contributed by atoms with Crippen molar-refractivity contribution >= 4 is 11.9 Å². The van der Waals surface area contributed by atoms with Crippen molar-refractivity contribution in [3.8, 4) is 0 Å². The average Bonchev–Trinajstić information content (AvgIpc) is 2.70. The van der Waals surface area contributed by atoms with E-state index < -0.39 is 12.1 Å². The number of aliphatic hydroxyl groups excluding tert-OH is 1. The third-order valence-electron chi connectivity index (χ3n) is 4.90. The number of carbonyl (C=O) groups excluding carboxylic acids is 1. The highest BCUT2D eigenvalue weighted by atomic mass is 16.5. The summed E-state index contributed by atoms with van der Waals surface area (Å²) in [4.78, 5) is 19.3. The van der Waals surface area contributed by atoms with Gasteiger partial charge >= 0.3 is 5.97 Å². The van der Waals surface area contributed by atoms with E-state index in [1.165, 1.54) is 32.1 Å². The first kappa shape index (κ1) is 30.6. The second-order valence-corrected chi connectivity index (χ2v) is 7.63. The molecule has 4 unspecified atom stereocenters. The first-order chi connectivity index (χ1) is 14.3. The maximum Gasteiger partial charge on any atom is 0.308 e. The van der Waals surface area contributed by atoms with Crippen LogP contribution in [0.5, 0.6) is 0 Å². The van der Waals surface area contributed by atoms with Crippen molar-refractivity contribution in [2.24, 2.45) is 17.8 Å². The monoisotopic (exact) mass is 426 g/mol. The van der Waals surface area contributed by atoms with E-state index in [0.717, 1.165) is 24.7 Å². The summed E-state index contributed by atoms with van der Waals surface area (Å²) in [6.07, 6.45) is 14.3. The summed E-state index contributed by atoms with van der Waals surface area (Å²) in [7, 11) is 0. The Morgan fingerprint density at radius 3 is 2.20 bits per heavy atom. The zero-order valence-electron chi connectivity index (χ0n) is 20.3. The third-order valence-corrected chi connectivity index (χ3v) is 4.90. The second-order valence-electron chi connectivity index (χ2n) is 7.63. The van der Waals surface area contributed by atoms with Crippen molar-refractivity contribution in [2.75, 3.05) is 6.61 Å². The largest absolute Gasteiger partial charge is 0.481 e. The van der Waals surface area contributed by atoms with Gasteiger partial charge in [-0.15, -0.1) is 0 Å². The maximum absolute atomic E-state index is 10.3. The van der Waals surface area contributed by atoms with Crippen LogP contribution in [0, 0.1) is 17.8 Å². The molecular formula is C25H46O5. The van der Waals surface area contributed by atoms with Crippen molar-refractivity contribution in [1.82, 2.24) is 0 Å². The minimum Gasteiger partial charge on any atom is -0.481 e. The van der Waals surface area contributed by atoms with Crippen LogP contribution in [-0.2, 0) is 14.3 Å². The number of esters is 1.